The zero-order valence-electron chi connectivity index (χ0n) is 6.79. The molecule has 1 heterocycles. The van der Waals surface area contributed by atoms with Crippen LogP contribution in [-0.2, 0) is 0 Å². The fraction of sp³-hybridized carbons (Fsp3) is 0.111. The van der Waals surface area contributed by atoms with Gasteiger partial charge in [0.25, 0.3) is 0 Å². The van der Waals surface area contributed by atoms with E-state index in [-0.39, 0.29) is 12.4 Å². The van der Waals surface area contributed by atoms with Gasteiger partial charge in [0.15, 0.2) is 0 Å². The lowest BCUT2D eigenvalue weighted by Crippen LogP contribution is -1.86. The summed E-state index contributed by atoms with van der Waals surface area (Å²) in [4.78, 5) is 3.15. The van der Waals surface area contributed by atoms with E-state index in [1.54, 1.807) is 0 Å². The molecule has 0 bridgehead atoms. The van der Waals surface area contributed by atoms with Gasteiger partial charge in [0.05, 0.1) is 0 Å². The number of halogens is 1. The maximum Gasteiger partial charge on any atom is 0.0474 e. The molecule has 0 unspecified atom stereocenters. The summed E-state index contributed by atoms with van der Waals surface area (Å²) < 4.78 is 0. The summed E-state index contributed by atoms with van der Waals surface area (Å²) in [5.41, 5.74) is 2.35. The molecular formula is C9H11ClN2. The van der Waals surface area contributed by atoms with E-state index in [1.165, 1.54) is 16.6 Å². The molecule has 0 aliphatic carbocycles. The molecular weight excluding hydrogens is 172 g/mol. The molecule has 2 N–H and O–H groups in total. The fourth-order valence-electron chi connectivity index (χ4n) is 1.30. The van der Waals surface area contributed by atoms with Gasteiger partial charge < -0.3 is 10.3 Å². The molecule has 0 aliphatic heterocycles. The van der Waals surface area contributed by atoms with Crippen LogP contribution in [0, 0.1) is 0 Å². The molecule has 2 nitrogen and oxygen atoms in total. The topological polar surface area (TPSA) is 27.8 Å². The Morgan fingerprint density at radius 2 is 2.08 bits per heavy atom. The quantitative estimate of drug-likeness (QED) is 0.697. The van der Waals surface area contributed by atoms with E-state index in [9.17, 15) is 0 Å². The van der Waals surface area contributed by atoms with Crippen LogP contribution in [0.5, 0.6) is 0 Å². The maximum absolute atomic E-state index is 3.15. The van der Waals surface area contributed by atoms with Crippen molar-refractivity contribution in [3.05, 3.63) is 30.5 Å². The molecule has 0 saturated heterocycles. The Morgan fingerprint density at radius 3 is 2.83 bits per heavy atom. The van der Waals surface area contributed by atoms with Gasteiger partial charge in [-0.1, -0.05) is 6.07 Å². The minimum absolute atomic E-state index is 0. The largest absolute Gasteiger partial charge is 0.388 e. The van der Waals surface area contributed by atoms with E-state index < -0.39 is 0 Å². The molecule has 0 fully saturated rings. The molecule has 1 aromatic heterocycles. The Morgan fingerprint density at radius 1 is 1.25 bits per heavy atom. The van der Waals surface area contributed by atoms with Gasteiger partial charge in [0.1, 0.15) is 0 Å². The van der Waals surface area contributed by atoms with Crippen LogP contribution in [-0.4, -0.2) is 12.0 Å². The van der Waals surface area contributed by atoms with Crippen LogP contribution in [0.25, 0.3) is 10.9 Å². The summed E-state index contributed by atoms with van der Waals surface area (Å²) in [6.45, 7) is 0. The van der Waals surface area contributed by atoms with Crippen LogP contribution in [0.2, 0.25) is 0 Å². The van der Waals surface area contributed by atoms with Crippen molar-refractivity contribution in [2.24, 2.45) is 0 Å². The second-order valence-electron chi connectivity index (χ2n) is 2.49. The van der Waals surface area contributed by atoms with E-state index >= 15 is 0 Å². The molecule has 2 aromatic rings. The first-order valence-electron chi connectivity index (χ1n) is 3.65. The van der Waals surface area contributed by atoms with Crippen LogP contribution in [0.3, 0.4) is 0 Å². The summed E-state index contributed by atoms with van der Waals surface area (Å²) >= 11 is 0. The van der Waals surface area contributed by atoms with Gasteiger partial charge in [-0.3, -0.25) is 0 Å². The van der Waals surface area contributed by atoms with Gasteiger partial charge >= 0.3 is 0 Å². The molecule has 0 aliphatic rings. The van der Waals surface area contributed by atoms with E-state index in [0.29, 0.717) is 0 Å². The molecule has 0 saturated carbocycles. The Kier molecular flexibility index (Phi) is 2.61. The lowest BCUT2D eigenvalue weighted by molar-refractivity contribution is 1.47. The van der Waals surface area contributed by atoms with Crippen molar-refractivity contribution in [3.8, 4) is 0 Å². The van der Waals surface area contributed by atoms with Crippen molar-refractivity contribution < 1.29 is 0 Å². The van der Waals surface area contributed by atoms with Crippen molar-refractivity contribution in [1.82, 2.24) is 4.98 Å². The first-order chi connectivity index (χ1) is 5.42. The maximum atomic E-state index is 3.15. The third-order valence-electron chi connectivity index (χ3n) is 1.86. The van der Waals surface area contributed by atoms with Crippen LogP contribution in [0.4, 0.5) is 5.69 Å². The molecule has 0 radical (unpaired) electrons. The molecule has 3 heteroatoms. The van der Waals surface area contributed by atoms with Gasteiger partial charge in [0, 0.05) is 29.8 Å². The van der Waals surface area contributed by atoms with Crippen LogP contribution in [0.1, 0.15) is 0 Å². The number of nitrogens with one attached hydrogen (secondary N) is 2. The number of H-pyrrole nitrogens is 1. The predicted molar refractivity (Wildman–Crippen MR) is 55.1 cm³/mol. The highest BCUT2D eigenvalue weighted by Crippen LogP contribution is 2.20. The second-order valence-corrected chi connectivity index (χ2v) is 2.49. The van der Waals surface area contributed by atoms with Gasteiger partial charge in [-0.15, -0.1) is 12.4 Å². The molecule has 0 amide bonds. The van der Waals surface area contributed by atoms with Gasteiger partial charge in [0.2, 0.25) is 0 Å². The lowest BCUT2D eigenvalue weighted by atomic mass is 10.2. The van der Waals surface area contributed by atoms with Gasteiger partial charge in [-0.2, -0.15) is 0 Å². The highest BCUT2D eigenvalue weighted by Gasteiger charge is 1.96. The minimum atomic E-state index is 0. The van der Waals surface area contributed by atoms with E-state index in [4.69, 9.17) is 0 Å². The molecule has 1 aromatic carbocycles. The lowest BCUT2D eigenvalue weighted by Gasteiger charge is -1.99. The summed E-state index contributed by atoms with van der Waals surface area (Å²) in [5, 5.41) is 4.38. The molecule has 64 valence electrons. The monoisotopic (exact) mass is 182 g/mol. The molecule has 2 rings (SSSR count). The van der Waals surface area contributed by atoms with Crippen LogP contribution < -0.4 is 5.32 Å². The number of anilines is 1. The average molecular weight is 183 g/mol. The van der Waals surface area contributed by atoms with Crippen molar-refractivity contribution >= 4 is 29.0 Å². The normalized spacial score (nSPS) is 9.42. The van der Waals surface area contributed by atoms with Gasteiger partial charge in [-0.05, 0) is 18.2 Å². The number of benzene rings is 1. The average Bonchev–Trinajstić information content (AvgIpc) is 2.50. The fourth-order valence-corrected chi connectivity index (χ4v) is 1.30. The van der Waals surface area contributed by atoms with Crippen LogP contribution in [0.15, 0.2) is 30.5 Å². The first-order valence-corrected chi connectivity index (χ1v) is 3.65. The number of rotatable bonds is 1. The Labute approximate surface area is 77.4 Å². The van der Waals surface area contributed by atoms with Crippen molar-refractivity contribution in [2.75, 3.05) is 12.4 Å². The zero-order valence-corrected chi connectivity index (χ0v) is 7.61. The summed E-state index contributed by atoms with van der Waals surface area (Å²) in [6, 6.07) is 8.23. The standard InChI is InChI=1S/C9H10N2.ClH/c1-10-8-3-2-4-9-7(8)5-6-11-9;/h2-6,10-11H,1H3;1H. The van der Waals surface area contributed by atoms with Gasteiger partial charge in [-0.25, -0.2) is 0 Å². The van der Waals surface area contributed by atoms with Crippen molar-refractivity contribution in [3.63, 3.8) is 0 Å². The highest BCUT2D eigenvalue weighted by molar-refractivity contribution is 5.91. The van der Waals surface area contributed by atoms with E-state index in [2.05, 4.69) is 28.5 Å². The molecule has 12 heavy (non-hydrogen) atoms. The smallest absolute Gasteiger partial charge is 0.0474 e. The Bertz CT molecular complexity index is 367. The summed E-state index contributed by atoms with van der Waals surface area (Å²) in [6.07, 6.45) is 1.95. The van der Waals surface area contributed by atoms with Crippen molar-refractivity contribution in [1.29, 1.82) is 0 Å². The number of hydrogen-bond acceptors (Lipinski definition) is 1. The molecule has 0 atom stereocenters. The predicted octanol–water partition coefficient (Wildman–Crippen LogP) is 2.63. The first kappa shape index (κ1) is 8.94. The summed E-state index contributed by atoms with van der Waals surface area (Å²) in [5.74, 6) is 0. The van der Waals surface area contributed by atoms with Crippen molar-refractivity contribution in [2.45, 2.75) is 0 Å². The Hall–Kier alpha value is -1.15. The number of fused-ring (bicyclic) bond motifs is 1. The van der Waals surface area contributed by atoms with E-state index in [0.717, 1.165) is 0 Å². The SMILES string of the molecule is CNc1cccc2[nH]ccc12.Cl. The highest BCUT2D eigenvalue weighted by atomic mass is 35.5. The minimum Gasteiger partial charge on any atom is -0.388 e. The number of hydrogen-bond donors (Lipinski definition) is 2. The third kappa shape index (κ3) is 1.25. The zero-order chi connectivity index (χ0) is 7.68. The van der Waals surface area contributed by atoms with E-state index in [1.807, 2.05) is 19.3 Å². The summed E-state index contributed by atoms with van der Waals surface area (Å²) in [7, 11) is 1.93. The molecule has 0 spiro atoms. The Balaban J connectivity index is 0.000000720. The second kappa shape index (κ2) is 3.50. The van der Waals surface area contributed by atoms with Crippen LogP contribution >= 0.6 is 12.4 Å². The number of aromatic amines is 1. The third-order valence-corrected chi connectivity index (χ3v) is 1.86. The number of aromatic nitrogens is 1.